The van der Waals surface area contributed by atoms with Gasteiger partial charge in [0, 0.05) is 22.6 Å². The van der Waals surface area contributed by atoms with Crippen molar-refractivity contribution in [1.29, 1.82) is 0 Å². The van der Waals surface area contributed by atoms with Crippen molar-refractivity contribution < 1.29 is 4.79 Å². The lowest BCUT2D eigenvalue weighted by Gasteiger charge is -2.16. The zero-order chi connectivity index (χ0) is 18.5. The molecule has 0 atom stereocenters. The smallest absolute Gasteiger partial charge is 0.308 e. The molecule has 0 aliphatic rings. The Morgan fingerprint density at radius 1 is 1.15 bits per heavy atom. The summed E-state index contributed by atoms with van der Waals surface area (Å²) in [6, 6.07) is 13.6. The van der Waals surface area contributed by atoms with Crippen LogP contribution in [0.25, 0.3) is 10.9 Å². The first-order valence-corrected chi connectivity index (χ1v) is 8.79. The van der Waals surface area contributed by atoms with Crippen LogP contribution in [-0.2, 0) is 6.54 Å². The van der Waals surface area contributed by atoms with Crippen LogP contribution in [-0.4, -0.2) is 15.6 Å². The Balaban J connectivity index is 1.96. The Bertz CT molecular complexity index is 1000. The van der Waals surface area contributed by atoms with Crippen molar-refractivity contribution in [3.8, 4) is 0 Å². The van der Waals surface area contributed by atoms with Crippen LogP contribution in [0.1, 0.15) is 19.8 Å². The number of hydrogen-bond acceptors (Lipinski definition) is 3. The van der Waals surface area contributed by atoms with Crippen LogP contribution in [0.5, 0.6) is 0 Å². The lowest BCUT2D eigenvalue weighted by atomic mass is 10.2. The van der Waals surface area contributed by atoms with Crippen LogP contribution in [0.3, 0.4) is 0 Å². The van der Waals surface area contributed by atoms with Gasteiger partial charge in [0.1, 0.15) is 5.82 Å². The van der Waals surface area contributed by atoms with E-state index in [9.17, 15) is 9.59 Å². The second kappa shape index (κ2) is 8.01. The van der Waals surface area contributed by atoms with Crippen molar-refractivity contribution in [3.63, 3.8) is 0 Å². The zero-order valence-corrected chi connectivity index (χ0v) is 15.1. The molecule has 0 radical (unpaired) electrons. The maximum atomic E-state index is 12.5. The summed E-state index contributed by atoms with van der Waals surface area (Å²) in [7, 11) is 0. The van der Waals surface area contributed by atoms with E-state index in [0.29, 0.717) is 34.0 Å². The summed E-state index contributed by atoms with van der Waals surface area (Å²) < 4.78 is 1.50. The van der Waals surface area contributed by atoms with Gasteiger partial charge in [-0.25, -0.2) is 9.59 Å². The molecule has 0 saturated heterocycles. The molecular weight excluding hydrogens is 352 g/mol. The summed E-state index contributed by atoms with van der Waals surface area (Å²) in [6.07, 6.45) is 1.73. The van der Waals surface area contributed by atoms with E-state index in [2.05, 4.69) is 15.6 Å². The number of aromatic nitrogens is 2. The first kappa shape index (κ1) is 17.9. The Morgan fingerprint density at radius 3 is 2.73 bits per heavy atom. The van der Waals surface area contributed by atoms with E-state index in [-0.39, 0.29) is 5.69 Å². The number of nitrogens with one attached hydrogen (secondary N) is 2. The predicted molar refractivity (Wildman–Crippen MR) is 105 cm³/mol. The second-order valence-corrected chi connectivity index (χ2v) is 6.29. The third kappa shape index (κ3) is 4.03. The van der Waals surface area contributed by atoms with Crippen LogP contribution < -0.4 is 16.3 Å². The summed E-state index contributed by atoms with van der Waals surface area (Å²) in [5, 5.41) is 6.77. The van der Waals surface area contributed by atoms with Crippen molar-refractivity contribution in [1.82, 2.24) is 9.55 Å². The second-order valence-electron chi connectivity index (χ2n) is 5.85. The van der Waals surface area contributed by atoms with Crippen molar-refractivity contribution in [2.45, 2.75) is 26.3 Å². The largest absolute Gasteiger partial charge is 0.349 e. The van der Waals surface area contributed by atoms with Crippen molar-refractivity contribution in [2.24, 2.45) is 0 Å². The van der Waals surface area contributed by atoms with Crippen LogP contribution in [0.4, 0.5) is 16.3 Å². The van der Waals surface area contributed by atoms with Gasteiger partial charge in [-0.3, -0.25) is 9.88 Å². The van der Waals surface area contributed by atoms with E-state index < -0.39 is 6.03 Å². The molecule has 6 nitrogen and oxygen atoms in total. The summed E-state index contributed by atoms with van der Waals surface area (Å²) in [6.45, 7) is 2.53. The first-order chi connectivity index (χ1) is 12.6. The molecule has 3 rings (SSSR count). The van der Waals surface area contributed by atoms with Gasteiger partial charge < -0.3 is 5.32 Å². The van der Waals surface area contributed by atoms with Gasteiger partial charge in [-0.1, -0.05) is 43.1 Å². The highest BCUT2D eigenvalue weighted by Gasteiger charge is 2.14. The van der Waals surface area contributed by atoms with Gasteiger partial charge in [0.05, 0.1) is 5.52 Å². The Hall–Kier alpha value is -2.86. The van der Waals surface area contributed by atoms with E-state index in [0.717, 1.165) is 12.8 Å². The maximum Gasteiger partial charge on any atom is 0.349 e. The van der Waals surface area contributed by atoms with E-state index in [1.165, 1.54) is 4.57 Å². The van der Waals surface area contributed by atoms with E-state index in [1.54, 1.807) is 36.4 Å². The molecule has 3 aromatic rings. The molecule has 2 amide bonds. The van der Waals surface area contributed by atoms with Gasteiger partial charge in [-0.15, -0.1) is 0 Å². The number of carbonyl (C=O) groups is 1. The van der Waals surface area contributed by atoms with Crippen molar-refractivity contribution in [3.05, 3.63) is 64.0 Å². The highest BCUT2D eigenvalue weighted by Crippen LogP contribution is 2.21. The summed E-state index contributed by atoms with van der Waals surface area (Å²) in [4.78, 5) is 29.0. The fourth-order valence-corrected chi connectivity index (χ4v) is 2.86. The zero-order valence-electron chi connectivity index (χ0n) is 14.3. The van der Waals surface area contributed by atoms with Gasteiger partial charge in [0.15, 0.2) is 0 Å². The number of fused-ring (bicyclic) bond motifs is 1. The number of amides is 2. The molecule has 0 saturated carbocycles. The quantitative estimate of drug-likeness (QED) is 0.694. The van der Waals surface area contributed by atoms with Gasteiger partial charge in [0.25, 0.3) is 0 Å². The molecular formula is C19H19ClN4O2. The lowest BCUT2D eigenvalue weighted by Crippen LogP contribution is -2.29. The Kier molecular flexibility index (Phi) is 5.53. The first-order valence-electron chi connectivity index (χ1n) is 8.41. The molecule has 134 valence electrons. The van der Waals surface area contributed by atoms with Crippen LogP contribution in [0, 0.1) is 0 Å². The number of halogens is 1. The van der Waals surface area contributed by atoms with Crippen molar-refractivity contribution in [2.75, 3.05) is 10.6 Å². The number of anilines is 2. The fourth-order valence-electron chi connectivity index (χ4n) is 2.67. The molecule has 0 spiro atoms. The molecule has 0 fully saturated rings. The number of urea groups is 1. The maximum absolute atomic E-state index is 12.5. The minimum Gasteiger partial charge on any atom is -0.308 e. The molecule has 0 aliphatic heterocycles. The number of para-hydroxylation sites is 1. The van der Waals surface area contributed by atoms with Gasteiger partial charge >= 0.3 is 11.7 Å². The van der Waals surface area contributed by atoms with Crippen molar-refractivity contribution >= 4 is 40.0 Å². The van der Waals surface area contributed by atoms with Crippen LogP contribution in [0.2, 0.25) is 5.02 Å². The fraction of sp³-hybridized carbons (Fsp3) is 0.211. The summed E-state index contributed by atoms with van der Waals surface area (Å²) >= 11 is 5.94. The van der Waals surface area contributed by atoms with Gasteiger partial charge in [-0.2, -0.15) is 4.98 Å². The summed E-state index contributed by atoms with van der Waals surface area (Å²) in [5.74, 6) is 0.438. The Labute approximate surface area is 155 Å². The molecule has 26 heavy (non-hydrogen) atoms. The summed E-state index contributed by atoms with van der Waals surface area (Å²) in [5.41, 5.74) is 0.731. The average molecular weight is 371 g/mol. The van der Waals surface area contributed by atoms with E-state index in [1.807, 2.05) is 19.1 Å². The molecule has 1 heterocycles. The van der Waals surface area contributed by atoms with Crippen LogP contribution >= 0.6 is 11.6 Å². The lowest BCUT2D eigenvalue weighted by molar-refractivity contribution is 0.262. The monoisotopic (exact) mass is 370 g/mol. The third-order valence-corrected chi connectivity index (χ3v) is 4.16. The topological polar surface area (TPSA) is 76.0 Å². The average Bonchev–Trinajstić information content (AvgIpc) is 2.61. The third-order valence-electron chi connectivity index (χ3n) is 3.93. The minimum absolute atomic E-state index is 0.379. The number of nitrogens with zero attached hydrogens (tertiary/aromatic N) is 2. The Morgan fingerprint density at radius 2 is 1.96 bits per heavy atom. The standard InChI is InChI=1S/C19H19ClN4O2/c1-2-3-11-24-17(15-9-4-5-10-16(15)22-19(24)26)23-18(25)21-14-8-6-7-13(20)12-14/h4-10,12H,2-3,11H2,1H3,(H2,21,23,25). The number of benzene rings is 2. The normalized spacial score (nSPS) is 10.7. The van der Waals surface area contributed by atoms with Crippen LogP contribution in [0.15, 0.2) is 53.3 Å². The molecule has 0 unspecified atom stereocenters. The highest BCUT2D eigenvalue weighted by molar-refractivity contribution is 6.30. The number of rotatable bonds is 5. The minimum atomic E-state index is -0.451. The van der Waals surface area contributed by atoms with E-state index in [4.69, 9.17) is 11.6 Å². The van der Waals surface area contributed by atoms with E-state index >= 15 is 0 Å². The molecule has 0 aliphatic carbocycles. The highest BCUT2D eigenvalue weighted by atomic mass is 35.5. The molecule has 1 aromatic heterocycles. The molecule has 2 N–H and O–H groups in total. The predicted octanol–water partition coefficient (Wildman–Crippen LogP) is 4.49. The van der Waals surface area contributed by atoms with Gasteiger partial charge in [0.2, 0.25) is 0 Å². The number of hydrogen-bond donors (Lipinski definition) is 2. The number of unbranched alkanes of at least 4 members (excludes halogenated alkanes) is 1. The molecule has 0 bridgehead atoms. The SMILES string of the molecule is CCCCn1c(NC(=O)Nc2cccc(Cl)c2)c2ccccc2nc1=O. The van der Waals surface area contributed by atoms with Gasteiger partial charge in [-0.05, 0) is 36.8 Å². The molecule has 7 heteroatoms. The number of carbonyl (C=O) groups excluding carboxylic acids is 1. The molecule has 2 aromatic carbocycles.